The SMILES string of the molecule is C=C(CC)OC(=C)CC.CN. The number of allylic oxidation sites excluding steroid dienone is 2. The fraction of sp³-hybridized carbons (Fsp3) is 0.556. The van der Waals surface area contributed by atoms with Crippen LogP contribution < -0.4 is 5.73 Å². The molecule has 0 fully saturated rings. The van der Waals surface area contributed by atoms with Crippen molar-refractivity contribution in [2.24, 2.45) is 5.73 Å². The summed E-state index contributed by atoms with van der Waals surface area (Å²) >= 11 is 0. The van der Waals surface area contributed by atoms with E-state index >= 15 is 0 Å². The van der Waals surface area contributed by atoms with Crippen LogP contribution >= 0.6 is 0 Å². The zero-order valence-corrected chi connectivity index (χ0v) is 7.81. The van der Waals surface area contributed by atoms with Gasteiger partial charge in [0.2, 0.25) is 0 Å². The molecular weight excluding hydrogens is 138 g/mol. The summed E-state index contributed by atoms with van der Waals surface area (Å²) in [7, 11) is 1.50. The Labute approximate surface area is 69.7 Å². The van der Waals surface area contributed by atoms with Crippen LogP contribution in [0.25, 0.3) is 0 Å². The molecule has 0 aliphatic rings. The third kappa shape index (κ3) is 9.24. The summed E-state index contributed by atoms with van der Waals surface area (Å²) in [6.45, 7) is 11.4. The quantitative estimate of drug-likeness (QED) is 0.636. The smallest absolute Gasteiger partial charge is 0.0961 e. The Morgan fingerprint density at radius 3 is 1.55 bits per heavy atom. The Hall–Kier alpha value is -0.760. The standard InChI is InChI=1S/C8H14O.CH5N/c1-5-7(3)9-8(4)6-2;1-2/h3-6H2,1-2H3;2H2,1H3. The molecule has 0 heterocycles. The molecule has 0 saturated heterocycles. The zero-order chi connectivity index (χ0) is 9.28. The van der Waals surface area contributed by atoms with Crippen LogP contribution in [-0.4, -0.2) is 7.05 Å². The number of ether oxygens (including phenoxy) is 1. The first-order chi connectivity index (χ1) is 5.20. The molecule has 0 amide bonds. The lowest BCUT2D eigenvalue weighted by Gasteiger charge is -2.05. The van der Waals surface area contributed by atoms with E-state index in [-0.39, 0.29) is 0 Å². The summed E-state index contributed by atoms with van der Waals surface area (Å²) < 4.78 is 5.16. The van der Waals surface area contributed by atoms with Crippen molar-refractivity contribution in [2.45, 2.75) is 26.7 Å². The summed E-state index contributed by atoms with van der Waals surface area (Å²) in [6.07, 6.45) is 1.72. The highest BCUT2D eigenvalue weighted by Crippen LogP contribution is 2.07. The van der Waals surface area contributed by atoms with Gasteiger partial charge < -0.3 is 10.5 Å². The molecule has 0 radical (unpaired) electrons. The molecule has 11 heavy (non-hydrogen) atoms. The van der Waals surface area contributed by atoms with Gasteiger partial charge in [0, 0.05) is 12.8 Å². The van der Waals surface area contributed by atoms with E-state index in [0.29, 0.717) is 0 Å². The Morgan fingerprint density at radius 2 is 1.36 bits per heavy atom. The first kappa shape index (κ1) is 12.9. The Balaban J connectivity index is 0. The Kier molecular flexibility index (Phi) is 10.8. The monoisotopic (exact) mass is 157 g/mol. The maximum atomic E-state index is 5.16. The van der Waals surface area contributed by atoms with E-state index in [1.165, 1.54) is 7.05 Å². The average molecular weight is 157 g/mol. The molecule has 2 nitrogen and oxygen atoms in total. The van der Waals surface area contributed by atoms with Gasteiger partial charge in [0.25, 0.3) is 0 Å². The number of hydrogen-bond donors (Lipinski definition) is 1. The van der Waals surface area contributed by atoms with Crippen LogP contribution in [0.4, 0.5) is 0 Å². The van der Waals surface area contributed by atoms with Crippen LogP contribution in [0, 0.1) is 0 Å². The van der Waals surface area contributed by atoms with Crippen molar-refractivity contribution in [3.63, 3.8) is 0 Å². The molecule has 2 N–H and O–H groups in total. The summed E-state index contributed by atoms with van der Waals surface area (Å²) in [6, 6.07) is 0. The first-order valence-electron chi connectivity index (χ1n) is 3.81. The van der Waals surface area contributed by atoms with Crippen LogP contribution in [-0.2, 0) is 4.74 Å². The normalized spacial score (nSPS) is 7.64. The van der Waals surface area contributed by atoms with Crippen molar-refractivity contribution in [3.05, 3.63) is 24.7 Å². The summed E-state index contributed by atoms with van der Waals surface area (Å²) in [5.74, 6) is 1.59. The van der Waals surface area contributed by atoms with E-state index in [0.717, 1.165) is 24.4 Å². The van der Waals surface area contributed by atoms with Gasteiger partial charge in [0.1, 0.15) is 0 Å². The fourth-order valence-electron chi connectivity index (χ4n) is 0.348. The van der Waals surface area contributed by atoms with Crippen LogP contribution in [0.1, 0.15) is 26.7 Å². The molecule has 0 bridgehead atoms. The van der Waals surface area contributed by atoms with E-state index in [9.17, 15) is 0 Å². The van der Waals surface area contributed by atoms with Crippen LogP contribution in [0.3, 0.4) is 0 Å². The molecule has 0 saturated carbocycles. The average Bonchev–Trinajstić information content (AvgIpc) is 2.07. The molecule has 0 unspecified atom stereocenters. The number of hydrogen-bond acceptors (Lipinski definition) is 2. The second-order valence-corrected chi connectivity index (χ2v) is 1.89. The van der Waals surface area contributed by atoms with Crippen molar-refractivity contribution in [1.29, 1.82) is 0 Å². The van der Waals surface area contributed by atoms with Crippen LogP contribution in [0.5, 0.6) is 0 Å². The molecule has 0 aliphatic carbocycles. The molecule has 66 valence electrons. The van der Waals surface area contributed by atoms with E-state index in [4.69, 9.17) is 4.74 Å². The minimum absolute atomic E-state index is 0.793. The minimum Gasteiger partial charge on any atom is -0.467 e. The van der Waals surface area contributed by atoms with Gasteiger partial charge in [0.05, 0.1) is 11.5 Å². The molecule has 0 aromatic heterocycles. The highest BCUT2D eigenvalue weighted by molar-refractivity contribution is 4.91. The molecule has 0 aromatic rings. The van der Waals surface area contributed by atoms with Gasteiger partial charge in [-0.05, 0) is 7.05 Å². The molecule has 0 aliphatic heterocycles. The molecule has 0 spiro atoms. The van der Waals surface area contributed by atoms with Crippen molar-refractivity contribution in [1.82, 2.24) is 0 Å². The number of rotatable bonds is 4. The lowest BCUT2D eigenvalue weighted by Crippen LogP contribution is -1.86. The molecule has 0 atom stereocenters. The predicted molar refractivity (Wildman–Crippen MR) is 50.1 cm³/mol. The molecular formula is C9H19NO. The third-order valence-corrected chi connectivity index (χ3v) is 1.08. The molecule has 2 heteroatoms. The highest BCUT2D eigenvalue weighted by atomic mass is 16.5. The van der Waals surface area contributed by atoms with Gasteiger partial charge in [-0.15, -0.1) is 0 Å². The summed E-state index contributed by atoms with van der Waals surface area (Å²) in [5, 5.41) is 0. The second-order valence-electron chi connectivity index (χ2n) is 1.89. The Bertz CT molecular complexity index is 105. The predicted octanol–water partition coefficient (Wildman–Crippen LogP) is 2.43. The van der Waals surface area contributed by atoms with Gasteiger partial charge in [0.15, 0.2) is 0 Å². The lowest BCUT2D eigenvalue weighted by molar-refractivity contribution is 0.287. The van der Waals surface area contributed by atoms with Crippen molar-refractivity contribution in [3.8, 4) is 0 Å². The first-order valence-corrected chi connectivity index (χ1v) is 3.81. The van der Waals surface area contributed by atoms with Gasteiger partial charge in [-0.1, -0.05) is 27.0 Å². The summed E-state index contributed by atoms with van der Waals surface area (Å²) in [5.41, 5.74) is 4.50. The van der Waals surface area contributed by atoms with Crippen molar-refractivity contribution in [2.75, 3.05) is 7.05 Å². The van der Waals surface area contributed by atoms with Crippen molar-refractivity contribution < 1.29 is 4.74 Å². The van der Waals surface area contributed by atoms with Crippen LogP contribution in [0.15, 0.2) is 24.7 Å². The second kappa shape index (κ2) is 9.24. The topological polar surface area (TPSA) is 35.2 Å². The van der Waals surface area contributed by atoms with Gasteiger partial charge in [-0.2, -0.15) is 0 Å². The van der Waals surface area contributed by atoms with E-state index < -0.39 is 0 Å². The van der Waals surface area contributed by atoms with E-state index in [2.05, 4.69) is 18.9 Å². The highest BCUT2D eigenvalue weighted by Gasteiger charge is 1.91. The summed E-state index contributed by atoms with van der Waals surface area (Å²) in [4.78, 5) is 0. The maximum absolute atomic E-state index is 5.16. The van der Waals surface area contributed by atoms with Gasteiger partial charge in [-0.3, -0.25) is 0 Å². The number of nitrogens with two attached hydrogens (primary N) is 1. The van der Waals surface area contributed by atoms with E-state index in [1.807, 2.05) is 13.8 Å². The lowest BCUT2D eigenvalue weighted by atomic mass is 10.4. The van der Waals surface area contributed by atoms with Gasteiger partial charge in [-0.25, -0.2) is 0 Å². The fourth-order valence-corrected chi connectivity index (χ4v) is 0.348. The largest absolute Gasteiger partial charge is 0.467 e. The minimum atomic E-state index is 0.793. The Morgan fingerprint density at radius 1 is 1.09 bits per heavy atom. The molecule has 0 rings (SSSR count). The van der Waals surface area contributed by atoms with E-state index in [1.54, 1.807) is 0 Å². The zero-order valence-electron chi connectivity index (χ0n) is 7.81. The maximum Gasteiger partial charge on any atom is 0.0961 e. The molecule has 0 aromatic carbocycles. The third-order valence-electron chi connectivity index (χ3n) is 1.08. The van der Waals surface area contributed by atoms with Gasteiger partial charge >= 0.3 is 0 Å². The van der Waals surface area contributed by atoms with Crippen molar-refractivity contribution >= 4 is 0 Å². The van der Waals surface area contributed by atoms with Crippen LogP contribution in [0.2, 0.25) is 0 Å².